The predicted octanol–water partition coefficient (Wildman–Crippen LogP) is 4.68. The summed E-state index contributed by atoms with van der Waals surface area (Å²) in [6.07, 6.45) is 2.65. The van der Waals surface area contributed by atoms with Crippen LogP contribution in [0.15, 0.2) is 43.0 Å². The van der Waals surface area contributed by atoms with Crippen molar-refractivity contribution in [2.75, 3.05) is 7.11 Å². The average molecular weight is 507 g/mol. The van der Waals surface area contributed by atoms with E-state index in [4.69, 9.17) is 16.3 Å². The van der Waals surface area contributed by atoms with Crippen LogP contribution in [0.2, 0.25) is 5.02 Å². The monoisotopic (exact) mass is 506 g/mol. The van der Waals surface area contributed by atoms with Crippen LogP contribution in [0.25, 0.3) is 22.2 Å². The summed E-state index contributed by atoms with van der Waals surface area (Å²) in [5.41, 5.74) is 1.77. The van der Waals surface area contributed by atoms with Gasteiger partial charge >= 0.3 is 0 Å². The molecule has 1 unspecified atom stereocenters. The molecule has 3 heterocycles. The minimum absolute atomic E-state index is 0.0578. The number of hydrogen-bond donors (Lipinski definition) is 3. The molecule has 11 heteroatoms. The number of hydrogen-bond acceptors (Lipinski definition) is 5. The van der Waals surface area contributed by atoms with Crippen LogP contribution in [0.3, 0.4) is 0 Å². The fourth-order valence-corrected chi connectivity index (χ4v) is 5.02. The Balaban J connectivity index is 1.57. The van der Waals surface area contributed by atoms with Gasteiger partial charge in [-0.2, -0.15) is 5.10 Å². The number of pyridine rings is 1. The quantitative estimate of drug-likeness (QED) is 0.353. The number of fused-ring (bicyclic) bond motifs is 1. The molecule has 1 fully saturated rings. The first-order valence-corrected chi connectivity index (χ1v) is 11.3. The highest BCUT2D eigenvalue weighted by Crippen LogP contribution is 2.44. The van der Waals surface area contributed by atoms with E-state index >= 15 is 0 Å². The maximum Gasteiger partial charge on any atom is 0.249 e. The maximum atomic E-state index is 14.4. The van der Waals surface area contributed by atoms with Crippen molar-refractivity contribution in [3.8, 4) is 16.9 Å². The predicted molar refractivity (Wildman–Crippen MR) is 123 cm³/mol. The second-order valence-corrected chi connectivity index (χ2v) is 9.00. The highest BCUT2D eigenvalue weighted by Gasteiger charge is 2.34. The molecule has 4 aromatic rings. The molecule has 0 spiro atoms. The van der Waals surface area contributed by atoms with E-state index in [9.17, 15) is 23.4 Å². The lowest BCUT2D eigenvalue weighted by atomic mass is 9.90. The molecule has 1 aliphatic carbocycles. The van der Waals surface area contributed by atoms with Gasteiger partial charge in [0.25, 0.3) is 0 Å². The minimum atomic E-state index is -2.91. The van der Waals surface area contributed by atoms with Crippen molar-refractivity contribution in [2.24, 2.45) is 0 Å². The van der Waals surface area contributed by atoms with Crippen LogP contribution < -0.4 is 4.74 Å². The first-order chi connectivity index (χ1) is 16.8. The molecule has 1 aliphatic rings. The van der Waals surface area contributed by atoms with Gasteiger partial charge in [0.05, 0.1) is 42.5 Å². The number of alkyl halides is 2. The topological polar surface area (TPSA) is 96.2 Å². The van der Waals surface area contributed by atoms with Crippen molar-refractivity contribution in [2.45, 2.75) is 43.4 Å². The van der Waals surface area contributed by atoms with Gasteiger partial charge in [0, 0.05) is 40.7 Å². The fraction of sp³-hybridized carbons (Fsp3) is 0.333. The van der Waals surface area contributed by atoms with Crippen LogP contribution in [-0.2, 0) is 0 Å². The smallest absolute Gasteiger partial charge is 0.249 e. The average Bonchev–Trinajstić information content (AvgIpc) is 3.56. The Bertz CT molecular complexity index is 1370. The number of benzene rings is 1. The van der Waals surface area contributed by atoms with Crippen molar-refractivity contribution in [3.05, 3.63) is 65.0 Å². The van der Waals surface area contributed by atoms with E-state index in [0.29, 0.717) is 35.0 Å². The largest absolute Gasteiger partial charge is 0.496 e. The molecule has 5 rings (SSSR count). The number of aliphatic hydroxyl groups is 2. The summed E-state index contributed by atoms with van der Waals surface area (Å²) in [4.78, 5) is 7.28. The molecule has 0 aliphatic heterocycles. The van der Waals surface area contributed by atoms with Gasteiger partial charge in [-0.3, -0.25) is 4.68 Å². The van der Waals surface area contributed by atoms with Crippen molar-refractivity contribution >= 4 is 22.6 Å². The lowest BCUT2D eigenvalue weighted by molar-refractivity contribution is 0.0438. The van der Waals surface area contributed by atoms with Gasteiger partial charge in [-0.15, -0.1) is 0 Å². The highest BCUT2D eigenvalue weighted by molar-refractivity contribution is 6.31. The molecule has 0 bridgehead atoms. The molecule has 4 atom stereocenters. The molecule has 3 N–H and O–H groups in total. The zero-order valence-corrected chi connectivity index (χ0v) is 19.3. The minimum Gasteiger partial charge on any atom is -0.496 e. The number of rotatable bonds is 6. The first kappa shape index (κ1) is 23.7. The SMILES string of the molecule is COc1ccc(F)c(Cl)c1[C@@H](c1c[nH]c2ncc(-c3cnn(C4C[C@@H](O)[C@@H](O)C4)c3)cc12)C(F)F. The number of methoxy groups -OCH3 is 1. The van der Waals surface area contributed by atoms with Crippen LogP contribution in [0.1, 0.15) is 35.9 Å². The molecule has 0 radical (unpaired) electrons. The summed E-state index contributed by atoms with van der Waals surface area (Å²) in [6.45, 7) is 0. The lowest BCUT2D eigenvalue weighted by Crippen LogP contribution is -2.17. The van der Waals surface area contributed by atoms with Crippen molar-refractivity contribution in [1.29, 1.82) is 0 Å². The number of nitrogens with zero attached hydrogens (tertiary/aromatic N) is 3. The number of ether oxygens (including phenoxy) is 1. The summed E-state index contributed by atoms with van der Waals surface area (Å²) in [5, 5.41) is 24.0. The summed E-state index contributed by atoms with van der Waals surface area (Å²) >= 11 is 6.14. The summed E-state index contributed by atoms with van der Waals surface area (Å²) in [7, 11) is 1.31. The van der Waals surface area contributed by atoms with E-state index in [0.717, 1.165) is 6.07 Å². The first-order valence-electron chi connectivity index (χ1n) is 11.0. The number of H-pyrrole nitrogens is 1. The zero-order chi connectivity index (χ0) is 24.9. The van der Waals surface area contributed by atoms with Gasteiger partial charge in [0.2, 0.25) is 6.43 Å². The van der Waals surface area contributed by atoms with E-state index in [2.05, 4.69) is 15.1 Å². The second-order valence-electron chi connectivity index (χ2n) is 8.62. The maximum absolute atomic E-state index is 14.4. The normalized spacial score (nSPS) is 21.2. The van der Waals surface area contributed by atoms with Crippen LogP contribution in [-0.4, -0.2) is 55.7 Å². The molecular weight excluding hydrogens is 485 g/mol. The number of halogens is 4. The molecule has 35 heavy (non-hydrogen) atoms. The Kier molecular flexibility index (Phi) is 6.20. The van der Waals surface area contributed by atoms with Gasteiger partial charge in [0.1, 0.15) is 17.2 Å². The molecule has 1 saturated carbocycles. The third-order valence-corrected chi connectivity index (χ3v) is 6.94. The lowest BCUT2D eigenvalue weighted by Gasteiger charge is -2.20. The van der Waals surface area contributed by atoms with Gasteiger partial charge in [-0.1, -0.05) is 11.6 Å². The Morgan fingerprint density at radius 3 is 2.60 bits per heavy atom. The molecule has 0 amide bonds. The standard InChI is InChI=1S/C24H22ClF3N4O3/c1-35-19-3-2-16(26)22(25)21(19)20(23(27)28)15-9-30-24-14(15)4-11(7-29-24)12-8-31-32(10-12)13-5-17(33)18(34)6-13/h2-4,7-10,13,17-18,20,23,33-34H,5-6H2,1H3,(H,29,30)/t13?,17-,18+,20-/m1/s1. The Labute approximate surface area is 203 Å². The third kappa shape index (κ3) is 4.15. The Morgan fingerprint density at radius 2 is 1.91 bits per heavy atom. The fourth-order valence-electron chi connectivity index (χ4n) is 4.74. The van der Waals surface area contributed by atoms with Crippen molar-refractivity contribution in [1.82, 2.24) is 19.7 Å². The Hall–Kier alpha value is -3.08. The van der Waals surface area contributed by atoms with Gasteiger partial charge in [-0.25, -0.2) is 18.2 Å². The van der Waals surface area contributed by atoms with Crippen LogP contribution in [0.5, 0.6) is 5.75 Å². The van der Waals surface area contributed by atoms with Gasteiger partial charge in [0.15, 0.2) is 0 Å². The van der Waals surface area contributed by atoms with Gasteiger partial charge in [-0.05, 0) is 36.6 Å². The number of aromatic amines is 1. The molecular formula is C24H22ClF3N4O3. The van der Waals surface area contributed by atoms with E-state index in [1.54, 1.807) is 29.3 Å². The number of nitrogens with one attached hydrogen (secondary N) is 1. The molecule has 1 aromatic carbocycles. The molecule has 7 nitrogen and oxygen atoms in total. The number of aromatic nitrogens is 4. The van der Waals surface area contributed by atoms with E-state index in [1.165, 1.54) is 19.4 Å². The third-order valence-electron chi connectivity index (χ3n) is 6.55. The molecule has 184 valence electrons. The summed E-state index contributed by atoms with van der Waals surface area (Å²) in [6, 6.07) is 3.90. The highest BCUT2D eigenvalue weighted by atomic mass is 35.5. The van der Waals surface area contributed by atoms with Crippen LogP contribution >= 0.6 is 11.6 Å². The van der Waals surface area contributed by atoms with E-state index in [1.807, 2.05) is 0 Å². The molecule has 0 saturated heterocycles. The Morgan fingerprint density at radius 1 is 1.17 bits per heavy atom. The molecule has 3 aromatic heterocycles. The van der Waals surface area contributed by atoms with Crippen molar-refractivity contribution in [3.63, 3.8) is 0 Å². The summed E-state index contributed by atoms with van der Waals surface area (Å²) in [5.74, 6) is -2.33. The van der Waals surface area contributed by atoms with Crippen LogP contribution in [0, 0.1) is 5.82 Å². The number of aliphatic hydroxyl groups excluding tert-OH is 2. The zero-order valence-electron chi connectivity index (χ0n) is 18.5. The second kappa shape index (κ2) is 9.18. The summed E-state index contributed by atoms with van der Waals surface area (Å²) < 4.78 is 50.0. The van der Waals surface area contributed by atoms with E-state index < -0.39 is 35.4 Å². The van der Waals surface area contributed by atoms with Gasteiger partial charge < -0.3 is 19.9 Å². The van der Waals surface area contributed by atoms with E-state index in [-0.39, 0.29) is 22.9 Å². The van der Waals surface area contributed by atoms with Crippen molar-refractivity contribution < 1.29 is 28.1 Å². The van der Waals surface area contributed by atoms with Crippen LogP contribution in [0.4, 0.5) is 13.2 Å².